The van der Waals surface area contributed by atoms with Crippen molar-refractivity contribution in [3.05, 3.63) is 77.6 Å². The summed E-state index contributed by atoms with van der Waals surface area (Å²) >= 11 is 0. The molecule has 2 aromatic carbocycles. The Labute approximate surface area is 168 Å². The summed E-state index contributed by atoms with van der Waals surface area (Å²) in [6.45, 7) is 2.53. The molecule has 1 atom stereocenters. The summed E-state index contributed by atoms with van der Waals surface area (Å²) < 4.78 is 20.0. The van der Waals surface area contributed by atoms with Crippen LogP contribution in [-0.2, 0) is 5.54 Å². The van der Waals surface area contributed by atoms with E-state index in [1.807, 2.05) is 43.1 Å². The van der Waals surface area contributed by atoms with Gasteiger partial charge in [0.05, 0.1) is 13.7 Å². The molecular formula is C22H22FN5O. The summed E-state index contributed by atoms with van der Waals surface area (Å²) in [5.41, 5.74) is 9.23. The van der Waals surface area contributed by atoms with Crippen molar-refractivity contribution in [1.29, 1.82) is 0 Å². The van der Waals surface area contributed by atoms with Gasteiger partial charge in [-0.2, -0.15) is 0 Å². The molecule has 7 heteroatoms. The number of aryl methyl sites for hydroxylation is 1. The van der Waals surface area contributed by atoms with Gasteiger partial charge in [-0.25, -0.2) is 19.4 Å². The first-order valence-electron chi connectivity index (χ1n) is 9.21. The number of ether oxygens (including phenoxy) is 1. The highest BCUT2D eigenvalue weighted by Crippen LogP contribution is 2.41. The van der Waals surface area contributed by atoms with Gasteiger partial charge in [-0.15, -0.1) is 0 Å². The Kier molecular flexibility index (Phi) is 4.66. The van der Waals surface area contributed by atoms with Crippen molar-refractivity contribution in [3.63, 3.8) is 0 Å². The fourth-order valence-corrected chi connectivity index (χ4v) is 3.80. The fraction of sp³-hybridized carbons (Fsp3) is 0.227. The predicted molar refractivity (Wildman–Crippen MR) is 110 cm³/mol. The highest BCUT2D eigenvalue weighted by Gasteiger charge is 2.41. The van der Waals surface area contributed by atoms with Crippen LogP contribution >= 0.6 is 0 Å². The van der Waals surface area contributed by atoms with E-state index >= 15 is 0 Å². The zero-order valence-corrected chi connectivity index (χ0v) is 16.6. The third kappa shape index (κ3) is 3.18. The summed E-state index contributed by atoms with van der Waals surface area (Å²) in [5.74, 6) is 0.897. The van der Waals surface area contributed by atoms with Gasteiger partial charge < -0.3 is 15.4 Å². The maximum Gasteiger partial charge on any atom is 0.192 e. The van der Waals surface area contributed by atoms with E-state index in [1.165, 1.54) is 12.4 Å². The second kappa shape index (κ2) is 7.16. The topological polar surface area (TPSA) is 76.6 Å². The van der Waals surface area contributed by atoms with Gasteiger partial charge >= 0.3 is 0 Å². The maximum absolute atomic E-state index is 14.6. The highest BCUT2D eigenvalue weighted by molar-refractivity contribution is 5.82. The number of halogens is 1. The number of nitrogens with zero attached hydrogens (tertiary/aromatic N) is 4. The van der Waals surface area contributed by atoms with Gasteiger partial charge in [0, 0.05) is 30.6 Å². The molecule has 29 heavy (non-hydrogen) atoms. The summed E-state index contributed by atoms with van der Waals surface area (Å²) in [6, 6.07) is 11.0. The van der Waals surface area contributed by atoms with Crippen LogP contribution in [0.5, 0.6) is 5.75 Å². The minimum absolute atomic E-state index is 0.340. The number of nitrogens with two attached hydrogens (primary N) is 1. The minimum atomic E-state index is -0.756. The normalized spacial score (nSPS) is 18.6. The van der Waals surface area contributed by atoms with E-state index in [-0.39, 0.29) is 5.82 Å². The molecule has 148 valence electrons. The van der Waals surface area contributed by atoms with E-state index in [0.717, 1.165) is 22.4 Å². The smallest absolute Gasteiger partial charge is 0.192 e. The Hall–Kier alpha value is -3.48. The summed E-state index contributed by atoms with van der Waals surface area (Å²) in [6.07, 6.45) is 4.61. The lowest BCUT2D eigenvalue weighted by Gasteiger charge is -2.29. The van der Waals surface area contributed by atoms with Gasteiger partial charge in [0.1, 0.15) is 23.4 Å². The van der Waals surface area contributed by atoms with Gasteiger partial charge in [-0.3, -0.25) is 0 Å². The molecule has 1 aliphatic heterocycles. The summed E-state index contributed by atoms with van der Waals surface area (Å²) in [4.78, 5) is 14.7. The van der Waals surface area contributed by atoms with Crippen LogP contribution in [0.2, 0.25) is 0 Å². The molecule has 0 spiro atoms. The molecule has 0 saturated carbocycles. The third-order valence-electron chi connectivity index (χ3n) is 5.35. The van der Waals surface area contributed by atoms with Gasteiger partial charge in [0.25, 0.3) is 0 Å². The van der Waals surface area contributed by atoms with Crippen LogP contribution in [0.3, 0.4) is 0 Å². The Balaban J connectivity index is 1.92. The molecule has 0 amide bonds. The highest BCUT2D eigenvalue weighted by atomic mass is 19.1. The number of hydrogen-bond acceptors (Lipinski definition) is 6. The second-order valence-electron chi connectivity index (χ2n) is 7.19. The van der Waals surface area contributed by atoms with E-state index < -0.39 is 5.54 Å². The van der Waals surface area contributed by atoms with Gasteiger partial charge in [-0.05, 0) is 47.9 Å². The Morgan fingerprint density at radius 3 is 2.41 bits per heavy atom. The average molecular weight is 391 g/mol. The van der Waals surface area contributed by atoms with E-state index in [1.54, 1.807) is 25.6 Å². The first-order valence-corrected chi connectivity index (χ1v) is 9.21. The van der Waals surface area contributed by atoms with Crippen LogP contribution < -0.4 is 10.5 Å². The van der Waals surface area contributed by atoms with Crippen LogP contribution in [0.4, 0.5) is 4.39 Å². The number of benzene rings is 2. The van der Waals surface area contributed by atoms with Crippen molar-refractivity contribution >= 4 is 5.96 Å². The first kappa shape index (κ1) is 18.9. The SMILES string of the molecule is COc1ccc(C2(c3ccc(F)c(-c4cncnc4)c3)CN(C)C(N)=N2)cc1C. The average Bonchev–Trinajstić information content (AvgIpc) is 3.04. The summed E-state index contributed by atoms with van der Waals surface area (Å²) in [7, 11) is 3.54. The maximum atomic E-state index is 14.6. The lowest BCUT2D eigenvalue weighted by molar-refractivity contribution is 0.409. The standard InChI is InChI=1S/C22H22FN5O/c1-14-8-16(5-7-20(14)29-3)22(12-28(2)21(24)27-22)17-4-6-19(23)18(9-17)15-10-25-13-26-11-15/h4-11,13H,12H2,1-3H3,(H2,24,27). The quantitative estimate of drug-likeness (QED) is 0.740. The molecule has 2 N–H and O–H groups in total. The Bertz CT molecular complexity index is 1090. The van der Waals surface area contributed by atoms with E-state index in [2.05, 4.69) is 9.97 Å². The summed E-state index contributed by atoms with van der Waals surface area (Å²) in [5, 5.41) is 0. The molecule has 0 fully saturated rings. The van der Waals surface area contributed by atoms with Crippen LogP contribution in [-0.4, -0.2) is 41.5 Å². The zero-order chi connectivity index (χ0) is 20.6. The number of aliphatic imine (C=N–C) groups is 1. The van der Waals surface area contributed by atoms with Crippen molar-refractivity contribution < 1.29 is 9.13 Å². The Morgan fingerprint density at radius 1 is 1.10 bits per heavy atom. The van der Waals surface area contributed by atoms with Crippen LogP contribution in [0.25, 0.3) is 11.1 Å². The minimum Gasteiger partial charge on any atom is -0.496 e. The fourth-order valence-electron chi connectivity index (χ4n) is 3.80. The van der Waals surface area contributed by atoms with Gasteiger partial charge in [0.2, 0.25) is 0 Å². The molecule has 0 bridgehead atoms. The number of rotatable bonds is 4. The lowest BCUT2D eigenvalue weighted by Crippen LogP contribution is -2.35. The van der Waals surface area contributed by atoms with Gasteiger partial charge in [0.15, 0.2) is 5.96 Å². The van der Waals surface area contributed by atoms with Crippen LogP contribution in [0.15, 0.2) is 60.1 Å². The molecular weight excluding hydrogens is 369 g/mol. The second-order valence-corrected chi connectivity index (χ2v) is 7.19. The molecule has 0 saturated heterocycles. The zero-order valence-electron chi connectivity index (χ0n) is 16.6. The van der Waals surface area contributed by atoms with E-state index in [4.69, 9.17) is 15.5 Å². The van der Waals surface area contributed by atoms with Crippen molar-refractivity contribution in [2.45, 2.75) is 12.5 Å². The third-order valence-corrected chi connectivity index (χ3v) is 5.35. The van der Waals surface area contributed by atoms with Gasteiger partial charge in [-0.1, -0.05) is 12.1 Å². The van der Waals surface area contributed by atoms with Crippen LogP contribution in [0, 0.1) is 12.7 Å². The molecule has 1 aliphatic rings. The predicted octanol–water partition coefficient (Wildman–Crippen LogP) is 3.10. The van der Waals surface area contributed by atoms with E-state index in [9.17, 15) is 4.39 Å². The molecule has 0 radical (unpaired) electrons. The van der Waals surface area contributed by atoms with Crippen molar-refractivity contribution in [2.75, 3.05) is 20.7 Å². The number of hydrogen-bond donors (Lipinski definition) is 1. The lowest BCUT2D eigenvalue weighted by atomic mass is 9.82. The Morgan fingerprint density at radius 2 is 1.79 bits per heavy atom. The number of methoxy groups -OCH3 is 1. The van der Waals surface area contributed by atoms with Crippen molar-refractivity contribution in [1.82, 2.24) is 14.9 Å². The largest absolute Gasteiger partial charge is 0.496 e. The first-order chi connectivity index (χ1) is 13.9. The van der Waals surface area contributed by atoms with Crippen LogP contribution in [0.1, 0.15) is 16.7 Å². The number of aromatic nitrogens is 2. The number of guanidine groups is 1. The molecule has 6 nitrogen and oxygen atoms in total. The number of likely N-dealkylation sites (N-methyl/N-ethyl adjacent to an activating group) is 1. The van der Waals surface area contributed by atoms with E-state index in [0.29, 0.717) is 23.6 Å². The monoisotopic (exact) mass is 391 g/mol. The molecule has 1 aromatic heterocycles. The molecule has 2 heterocycles. The molecule has 0 aliphatic carbocycles. The van der Waals surface area contributed by atoms with Crippen molar-refractivity contribution in [3.8, 4) is 16.9 Å². The molecule has 3 aromatic rings. The molecule has 1 unspecified atom stereocenters. The van der Waals surface area contributed by atoms with Crippen molar-refractivity contribution in [2.24, 2.45) is 10.7 Å². The molecule has 4 rings (SSSR count).